The fourth-order valence-electron chi connectivity index (χ4n) is 1.95. The summed E-state index contributed by atoms with van der Waals surface area (Å²) in [6.07, 6.45) is 2.74. The Balaban J connectivity index is 2.08. The molecule has 0 heterocycles. The molecule has 0 bridgehead atoms. The van der Waals surface area contributed by atoms with Crippen LogP contribution in [-0.2, 0) is 0 Å². The number of benzene rings is 1. The quantitative estimate of drug-likeness (QED) is 0.822. The summed E-state index contributed by atoms with van der Waals surface area (Å²) in [6.45, 7) is 3.27. The Morgan fingerprint density at radius 3 is 2.65 bits per heavy atom. The molecule has 1 N–H and O–H groups in total. The molecule has 0 amide bonds. The first kappa shape index (κ1) is 12.2. The summed E-state index contributed by atoms with van der Waals surface area (Å²) >= 11 is 0. The maximum Gasteiger partial charge on any atom is 0.123 e. The summed E-state index contributed by atoms with van der Waals surface area (Å²) in [5.74, 6) is 2.68. The molecule has 0 aromatic heterocycles. The lowest BCUT2D eigenvalue weighted by molar-refractivity contribution is 0.391. The Morgan fingerprint density at radius 2 is 2.06 bits per heavy atom. The van der Waals surface area contributed by atoms with E-state index in [1.54, 1.807) is 14.2 Å². The molecular formula is C14H21NO2. The number of methoxy groups -OCH3 is 2. The maximum atomic E-state index is 5.39. The lowest BCUT2D eigenvalue weighted by Crippen LogP contribution is -2.21. The zero-order valence-corrected chi connectivity index (χ0v) is 10.8. The van der Waals surface area contributed by atoms with Crippen molar-refractivity contribution in [3.63, 3.8) is 0 Å². The average Bonchev–Trinajstić information content (AvgIpc) is 3.19. The lowest BCUT2D eigenvalue weighted by atomic mass is 10.1. The van der Waals surface area contributed by atoms with Crippen molar-refractivity contribution < 1.29 is 9.47 Å². The van der Waals surface area contributed by atoms with Gasteiger partial charge < -0.3 is 14.8 Å². The van der Waals surface area contributed by atoms with E-state index in [0.717, 1.165) is 29.5 Å². The van der Waals surface area contributed by atoms with E-state index < -0.39 is 0 Å². The van der Waals surface area contributed by atoms with Gasteiger partial charge in [-0.05, 0) is 50.4 Å². The summed E-state index contributed by atoms with van der Waals surface area (Å²) < 4.78 is 10.7. The highest BCUT2D eigenvalue weighted by molar-refractivity contribution is 5.42. The summed E-state index contributed by atoms with van der Waals surface area (Å²) in [5.41, 5.74) is 1.16. The second kappa shape index (κ2) is 5.41. The van der Waals surface area contributed by atoms with Gasteiger partial charge in [0.25, 0.3) is 0 Å². The normalized spacial score (nSPS) is 16.6. The zero-order chi connectivity index (χ0) is 12.3. The van der Waals surface area contributed by atoms with Gasteiger partial charge in [-0.15, -0.1) is 0 Å². The van der Waals surface area contributed by atoms with E-state index in [9.17, 15) is 0 Å². The van der Waals surface area contributed by atoms with Crippen molar-refractivity contribution in [1.29, 1.82) is 0 Å². The molecule has 1 aromatic rings. The van der Waals surface area contributed by atoms with Gasteiger partial charge in [-0.1, -0.05) is 0 Å². The van der Waals surface area contributed by atoms with Gasteiger partial charge in [-0.2, -0.15) is 0 Å². The molecule has 1 aliphatic rings. The van der Waals surface area contributed by atoms with Crippen LogP contribution in [0.1, 0.15) is 31.4 Å². The van der Waals surface area contributed by atoms with Gasteiger partial charge >= 0.3 is 0 Å². The standard InChI is InChI=1S/C14H21NO2/c1-10(15-9-11-4-5-11)13-8-12(16-2)6-7-14(13)17-3/h6-8,10-11,15H,4-5,9H2,1-3H3. The molecular weight excluding hydrogens is 214 g/mol. The van der Waals surface area contributed by atoms with E-state index in [2.05, 4.69) is 12.2 Å². The fraction of sp³-hybridized carbons (Fsp3) is 0.571. The highest BCUT2D eigenvalue weighted by atomic mass is 16.5. The summed E-state index contributed by atoms with van der Waals surface area (Å²) in [4.78, 5) is 0. The lowest BCUT2D eigenvalue weighted by Gasteiger charge is -2.18. The minimum Gasteiger partial charge on any atom is -0.497 e. The molecule has 3 nitrogen and oxygen atoms in total. The highest BCUT2D eigenvalue weighted by Gasteiger charge is 2.22. The molecule has 1 aliphatic carbocycles. The van der Waals surface area contributed by atoms with Crippen molar-refractivity contribution in [2.75, 3.05) is 20.8 Å². The zero-order valence-electron chi connectivity index (χ0n) is 10.8. The first-order valence-electron chi connectivity index (χ1n) is 6.20. The molecule has 0 spiro atoms. The topological polar surface area (TPSA) is 30.5 Å². The Bertz CT molecular complexity index is 374. The van der Waals surface area contributed by atoms with Crippen LogP contribution in [0.2, 0.25) is 0 Å². The van der Waals surface area contributed by atoms with E-state index in [-0.39, 0.29) is 0 Å². The smallest absolute Gasteiger partial charge is 0.123 e. The van der Waals surface area contributed by atoms with Crippen molar-refractivity contribution in [3.8, 4) is 11.5 Å². The van der Waals surface area contributed by atoms with Crippen LogP contribution in [0.25, 0.3) is 0 Å². The second-order valence-corrected chi connectivity index (χ2v) is 4.68. The first-order chi connectivity index (χ1) is 8.24. The summed E-state index contributed by atoms with van der Waals surface area (Å²) in [6, 6.07) is 6.23. The van der Waals surface area contributed by atoms with Crippen LogP contribution in [0.15, 0.2) is 18.2 Å². The molecule has 1 atom stereocenters. The predicted molar refractivity (Wildman–Crippen MR) is 68.7 cm³/mol. The van der Waals surface area contributed by atoms with Gasteiger partial charge in [0.15, 0.2) is 0 Å². The number of ether oxygens (including phenoxy) is 2. The third-order valence-electron chi connectivity index (χ3n) is 3.31. The third kappa shape index (κ3) is 3.13. The molecule has 1 fully saturated rings. The molecule has 0 saturated heterocycles. The van der Waals surface area contributed by atoms with Crippen LogP contribution in [0.3, 0.4) is 0 Å². The highest BCUT2D eigenvalue weighted by Crippen LogP contribution is 2.31. The van der Waals surface area contributed by atoms with E-state index in [4.69, 9.17) is 9.47 Å². The van der Waals surface area contributed by atoms with Crippen molar-refractivity contribution in [2.24, 2.45) is 5.92 Å². The Kier molecular flexibility index (Phi) is 3.89. The Morgan fingerprint density at radius 1 is 1.29 bits per heavy atom. The van der Waals surface area contributed by atoms with Gasteiger partial charge in [-0.25, -0.2) is 0 Å². The molecule has 0 radical (unpaired) electrons. The van der Waals surface area contributed by atoms with Crippen LogP contribution in [0.4, 0.5) is 0 Å². The predicted octanol–water partition coefficient (Wildman–Crippen LogP) is 2.76. The average molecular weight is 235 g/mol. The summed E-state index contributed by atoms with van der Waals surface area (Å²) in [5, 5.41) is 3.55. The minimum atomic E-state index is 0.292. The van der Waals surface area contributed by atoms with Gasteiger partial charge in [0, 0.05) is 11.6 Å². The molecule has 94 valence electrons. The number of hydrogen-bond acceptors (Lipinski definition) is 3. The van der Waals surface area contributed by atoms with E-state index in [1.807, 2.05) is 18.2 Å². The van der Waals surface area contributed by atoms with Crippen molar-refractivity contribution in [3.05, 3.63) is 23.8 Å². The first-order valence-corrected chi connectivity index (χ1v) is 6.20. The molecule has 3 heteroatoms. The van der Waals surface area contributed by atoms with Crippen LogP contribution < -0.4 is 14.8 Å². The van der Waals surface area contributed by atoms with Crippen LogP contribution in [0.5, 0.6) is 11.5 Å². The monoisotopic (exact) mass is 235 g/mol. The van der Waals surface area contributed by atoms with E-state index in [0.29, 0.717) is 6.04 Å². The van der Waals surface area contributed by atoms with Gasteiger partial charge in [0.1, 0.15) is 11.5 Å². The van der Waals surface area contributed by atoms with Crippen molar-refractivity contribution in [2.45, 2.75) is 25.8 Å². The molecule has 1 unspecified atom stereocenters. The molecule has 1 aromatic carbocycles. The van der Waals surface area contributed by atoms with Gasteiger partial charge in [0.05, 0.1) is 14.2 Å². The Hall–Kier alpha value is -1.22. The minimum absolute atomic E-state index is 0.292. The van der Waals surface area contributed by atoms with Crippen LogP contribution in [-0.4, -0.2) is 20.8 Å². The third-order valence-corrected chi connectivity index (χ3v) is 3.31. The van der Waals surface area contributed by atoms with E-state index >= 15 is 0 Å². The van der Waals surface area contributed by atoms with Crippen LogP contribution >= 0.6 is 0 Å². The Labute approximate surface area is 103 Å². The van der Waals surface area contributed by atoms with Crippen molar-refractivity contribution in [1.82, 2.24) is 5.32 Å². The molecule has 0 aliphatic heterocycles. The summed E-state index contributed by atoms with van der Waals surface area (Å²) in [7, 11) is 3.40. The second-order valence-electron chi connectivity index (χ2n) is 4.68. The molecule has 17 heavy (non-hydrogen) atoms. The number of hydrogen-bond donors (Lipinski definition) is 1. The van der Waals surface area contributed by atoms with Crippen molar-refractivity contribution >= 4 is 0 Å². The number of rotatable bonds is 6. The van der Waals surface area contributed by atoms with Gasteiger partial charge in [-0.3, -0.25) is 0 Å². The molecule has 2 rings (SSSR count). The fourth-order valence-corrected chi connectivity index (χ4v) is 1.95. The largest absolute Gasteiger partial charge is 0.497 e. The van der Waals surface area contributed by atoms with Crippen LogP contribution in [0, 0.1) is 5.92 Å². The maximum absolute atomic E-state index is 5.39. The number of nitrogens with one attached hydrogen (secondary N) is 1. The van der Waals surface area contributed by atoms with Gasteiger partial charge in [0.2, 0.25) is 0 Å². The SMILES string of the molecule is COc1ccc(OC)c(C(C)NCC2CC2)c1. The van der Waals surface area contributed by atoms with E-state index in [1.165, 1.54) is 12.8 Å². The molecule has 1 saturated carbocycles.